The molecule has 1 rings (SSSR count). The molecule has 1 atom stereocenters. The van der Waals surface area contributed by atoms with Crippen molar-refractivity contribution in [3.8, 4) is 0 Å². The van der Waals surface area contributed by atoms with Gasteiger partial charge in [0, 0.05) is 0 Å². The van der Waals surface area contributed by atoms with E-state index in [9.17, 15) is 0 Å². The topological polar surface area (TPSA) is 0 Å². The van der Waals surface area contributed by atoms with Crippen LogP contribution in [0.4, 0.5) is 0 Å². The van der Waals surface area contributed by atoms with Gasteiger partial charge in [-0.05, 0) is 0 Å². The Morgan fingerprint density at radius 2 is 1.87 bits per heavy atom. The van der Waals surface area contributed by atoms with Crippen LogP contribution >= 0.6 is 0 Å². The van der Waals surface area contributed by atoms with Crippen LogP contribution in [0.3, 0.4) is 0 Å². The van der Waals surface area contributed by atoms with E-state index in [1.165, 1.54) is 11.1 Å². The van der Waals surface area contributed by atoms with Gasteiger partial charge in [0.2, 0.25) is 0 Å². The molecule has 0 nitrogen and oxygen atoms in total. The molecule has 0 saturated carbocycles. The molecule has 3 heteroatoms. The second-order valence-corrected chi connectivity index (χ2v) is 5.55. The molecule has 0 saturated heterocycles. The number of hydrogen-bond donors (Lipinski definition) is 0. The van der Waals surface area contributed by atoms with Crippen molar-refractivity contribution in [2.75, 3.05) is 0 Å². The van der Waals surface area contributed by atoms with E-state index in [0.29, 0.717) is 11.3 Å². The second-order valence-electron chi connectivity index (χ2n) is 5.55. The zero-order chi connectivity index (χ0) is 17.4. The summed E-state index contributed by atoms with van der Waals surface area (Å²) in [6, 6.07) is 0. The van der Waals surface area contributed by atoms with Crippen molar-refractivity contribution in [1.29, 1.82) is 0 Å². The molecule has 1 unspecified atom stereocenters. The summed E-state index contributed by atoms with van der Waals surface area (Å²) < 4.78 is 0. The van der Waals surface area contributed by atoms with Gasteiger partial charge in [-0.3, -0.25) is 0 Å². The van der Waals surface area contributed by atoms with Gasteiger partial charge in [-0.1, -0.05) is 0 Å². The van der Waals surface area contributed by atoms with Gasteiger partial charge in [-0.2, -0.15) is 0 Å². The van der Waals surface area contributed by atoms with Crippen molar-refractivity contribution < 1.29 is 0 Å². The summed E-state index contributed by atoms with van der Waals surface area (Å²) in [6.45, 7) is 15.9. The minimum atomic E-state index is 0.317. The van der Waals surface area contributed by atoms with Crippen LogP contribution in [-0.2, 0) is 0 Å². The summed E-state index contributed by atoms with van der Waals surface area (Å²) in [6.07, 6.45) is 12.7. The minimum absolute atomic E-state index is 0.317. The summed E-state index contributed by atoms with van der Waals surface area (Å²) in [5, 5.41) is 0.317. The van der Waals surface area contributed by atoms with Gasteiger partial charge < -0.3 is 0 Å². The Morgan fingerprint density at radius 3 is 2.35 bits per heavy atom. The van der Waals surface area contributed by atoms with E-state index >= 15 is 0 Å². The first-order valence-electron chi connectivity index (χ1n) is 7.91. The van der Waals surface area contributed by atoms with Gasteiger partial charge in [0.1, 0.15) is 0 Å². The van der Waals surface area contributed by atoms with Gasteiger partial charge in [-0.15, -0.1) is 0 Å². The molecule has 0 aromatic carbocycles. The molecule has 0 amide bonds. The molecule has 0 bridgehead atoms. The molecular formula is C20H23B3. The molecule has 0 aromatic rings. The van der Waals surface area contributed by atoms with Gasteiger partial charge >= 0.3 is 144 Å². The fourth-order valence-corrected chi connectivity index (χ4v) is 2.97. The Morgan fingerprint density at radius 1 is 1.22 bits per heavy atom. The maximum absolute atomic E-state index is 6.08. The predicted molar refractivity (Wildman–Crippen MR) is 108 cm³/mol. The molecule has 1 aliphatic rings. The Labute approximate surface area is 144 Å². The van der Waals surface area contributed by atoms with Crippen molar-refractivity contribution >= 4 is 28.6 Å². The fourth-order valence-electron chi connectivity index (χ4n) is 2.97. The van der Waals surface area contributed by atoms with E-state index in [-0.39, 0.29) is 0 Å². The molecule has 1 aliphatic carbocycles. The zero-order valence-corrected chi connectivity index (χ0v) is 14.5. The normalized spacial score (nSPS) is 22.7. The van der Waals surface area contributed by atoms with Crippen LogP contribution in [-0.4, -0.2) is 28.6 Å². The summed E-state index contributed by atoms with van der Waals surface area (Å²) in [7, 11) is 12.2. The monoisotopic (exact) mass is 296 g/mol. The molecule has 0 aliphatic heterocycles. The van der Waals surface area contributed by atoms with Crippen LogP contribution in [0, 0.1) is 5.92 Å². The van der Waals surface area contributed by atoms with Gasteiger partial charge in [-0.25, -0.2) is 0 Å². The van der Waals surface area contributed by atoms with Crippen molar-refractivity contribution in [2.24, 2.45) is 5.92 Å². The van der Waals surface area contributed by atoms with E-state index in [0.717, 1.165) is 23.1 Å². The standard InChI is InChI=1S/C20H23B3/c1-6-9-15-12-14(4)16(10-7-2)17(11-8-3)19(20(21)22)18(15)13-23-5/h6-11,13-14H,2-3,12H2,1,4-5H3/b9-6-,16-10-,17-11+. The SMILES string of the molecule is [B]C([B])=C1C(C=BC)=C(/C=C\C)CC(C)C(=C/C=C)/C1=C\C=C. The van der Waals surface area contributed by atoms with Crippen molar-refractivity contribution in [3.05, 3.63) is 82.9 Å². The first-order chi connectivity index (χ1) is 11.0. The van der Waals surface area contributed by atoms with Gasteiger partial charge in [0.15, 0.2) is 0 Å². The quantitative estimate of drug-likeness (QED) is 0.681. The molecule has 0 aromatic heterocycles. The van der Waals surface area contributed by atoms with E-state index < -0.39 is 0 Å². The van der Waals surface area contributed by atoms with Crippen LogP contribution in [0.25, 0.3) is 0 Å². The molecule has 0 spiro atoms. The van der Waals surface area contributed by atoms with Crippen LogP contribution in [0.15, 0.2) is 82.9 Å². The Bertz CT molecular complexity index is 648. The first kappa shape index (κ1) is 19.3. The molecule has 0 fully saturated rings. The summed E-state index contributed by atoms with van der Waals surface area (Å²) in [4.78, 5) is 0. The Hall–Kier alpha value is -1.76. The average Bonchev–Trinajstić information content (AvgIpc) is 2.59. The van der Waals surface area contributed by atoms with Crippen LogP contribution in [0.2, 0.25) is 6.82 Å². The van der Waals surface area contributed by atoms with Gasteiger partial charge in [0.25, 0.3) is 0 Å². The summed E-state index contributed by atoms with van der Waals surface area (Å²) in [5.41, 5.74) is 5.35. The van der Waals surface area contributed by atoms with Gasteiger partial charge in [0.05, 0.1) is 0 Å². The maximum atomic E-state index is 6.08. The number of hydrogen-bond acceptors (Lipinski definition) is 0. The van der Waals surface area contributed by atoms with E-state index in [4.69, 9.17) is 15.7 Å². The van der Waals surface area contributed by atoms with E-state index in [2.05, 4.69) is 38.2 Å². The molecule has 4 radical (unpaired) electrons. The van der Waals surface area contributed by atoms with Crippen molar-refractivity contribution in [2.45, 2.75) is 27.1 Å². The Kier molecular flexibility index (Phi) is 7.88. The average molecular weight is 296 g/mol. The summed E-state index contributed by atoms with van der Waals surface area (Å²) >= 11 is 0. The summed E-state index contributed by atoms with van der Waals surface area (Å²) in [5.74, 6) is 2.40. The second kappa shape index (κ2) is 9.40. The molecule has 0 N–H and O–H groups in total. The number of allylic oxidation sites excluding steroid dienone is 11. The third-order valence-corrected chi connectivity index (χ3v) is 3.82. The fraction of sp³-hybridized carbons (Fsp3) is 0.250. The van der Waals surface area contributed by atoms with Crippen molar-refractivity contribution in [3.63, 3.8) is 0 Å². The van der Waals surface area contributed by atoms with E-state index in [1.54, 1.807) is 6.08 Å². The third-order valence-electron chi connectivity index (χ3n) is 3.82. The van der Waals surface area contributed by atoms with Crippen LogP contribution in [0.5, 0.6) is 0 Å². The third kappa shape index (κ3) is 4.61. The first-order valence-corrected chi connectivity index (χ1v) is 7.91. The predicted octanol–water partition coefficient (Wildman–Crippen LogP) is 4.23. The molecule has 112 valence electrons. The van der Waals surface area contributed by atoms with Crippen LogP contribution < -0.4 is 0 Å². The molecule has 23 heavy (non-hydrogen) atoms. The van der Waals surface area contributed by atoms with E-state index in [1.807, 2.05) is 38.9 Å². The molecular weight excluding hydrogens is 273 g/mol. The molecule has 0 heterocycles. The van der Waals surface area contributed by atoms with Crippen LogP contribution in [0.1, 0.15) is 20.3 Å². The van der Waals surface area contributed by atoms with Crippen molar-refractivity contribution in [1.82, 2.24) is 0 Å². The zero-order valence-electron chi connectivity index (χ0n) is 14.5. The number of rotatable bonds is 4. The Balaban J connectivity index is 3.87.